The van der Waals surface area contributed by atoms with Gasteiger partial charge in [0.1, 0.15) is 36.3 Å². The van der Waals surface area contributed by atoms with Crippen LogP contribution in [0.25, 0.3) is 0 Å². The van der Waals surface area contributed by atoms with Gasteiger partial charge >= 0.3 is 0 Å². The molecule has 0 saturated carbocycles. The molecule has 0 fully saturated rings. The Balaban J connectivity index is 2.07. The van der Waals surface area contributed by atoms with Gasteiger partial charge in [-0.3, -0.25) is 9.59 Å². The second-order valence-electron chi connectivity index (χ2n) is 10.9. The number of carbonyl (C=O) groups excluding carboxylic acids is 2. The number of allylic oxidation sites excluding steroid dienone is 1. The van der Waals surface area contributed by atoms with Gasteiger partial charge in [0.15, 0.2) is 12.5 Å². The predicted octanol–water partition coefficient (Wildman–Crippen LogP) is 1.60. The summed E-state index contributed by atoms with van der Waals surface area (Å²) in [7, 11) is 1.23. The number of ether oxygens (including phenoxy) is 2. The highest BCUT2D eigenvalue weighted by atomic mass is 16.5. The van der Waals surface area contributed by atoms with Crippen LogP contribution in [0.15, 0.2) is 67.7 Å². The summed E-state index contributed by atoms with van der Waals surface area (Å²) in [6.45, 7) is 10.3. The van der Waals surface area contributed by atoms with Crippen molar-refractivity contribution in [2.24, 2.45) is 11.3 Å². The van der Waals surface area contributed by atoms with Crippen LogP contribution in [0.1, 0.15) is 38.4 Å². The van der Waals surface area contributed by atoms with Crippen molar-refractivity contribution >= 4 is 11.7 Å². The van der Waals surface area contributed by atoms with Crippen LogP contribution in [-0.2, 0) is 38.8 Å². The number of benzene rings is 1. The predicted molar refractivity (Wildman–Crippen MR) is 150 cm³/mol. The second kappa shape index (κ2) is 16.2. The van der Waals surface area contributed by atoms with Crippen LogP contribution in [0.2, 0.25) is 0 Å². The Morgan fingerprint density at radius 2 is 1.85 bits per heavy atom. The smallest absolute Gasteiger partial charge is 0.243 e. The van der Waals surface area contributed by atoms with Gasteiger partial charge in [-0.1, -0.05) is 69.3 Å². The van der Waals surface area contributed by atoms with E-state index in [1.54, 1.807) is 23.2 Å². The number of imidazole rings is 1. The number of ketones is 1. The molecule has 1 aromatic heterocycles. The van der Waals surface area contributed by atoms with E-state index in [-0.39, 0.29) is 30.7 Å². The molecule has 1 amide bonds. The van der Waals surface area contributed by atoms with Gasteiger partial charge in [0.25, 0.3) is 0 Å². The maximum atomic E-state index is 13.2. The van der Waals surface area contributed by atoms with Crippen LogP contribution in [-0.4, -0.2) is 70.1 Å². The summed E-state index contributed by atoms with van der Waals surface area (Å²) in [6.07, 6.45) is 1.84. The normalized spacial score (nSPS) is 15.8. The summed E-state index contributed by atoms with van der Waals surface area (Å²) >= 11 is 0. The highest BCUT2D eigenvalue weighted by Gasteiger charge is 2.37. The Kier molecular flexibility index (Phi) is 13.4. The van der Waals surface area contributed by atoms with Crippen molar-refractivity contribution in [2.45, 2.75) is 71.4 Å². The second-order valence-corrected chi connectivity index (χ2v) is 10.9. The van der Waals surface area contributed by atoms with Crippen LogP contribution in [0.5, 0.6) is 0 Å². The highest BCUT2D eigenvalue weighted by molar-refractivity contribution is 5.89. The largest absolute Gasteiger partial charge is 0.387 e. The third-order valence-corrected chi connectivity index (χ3v) is 6.17. The molecule has 10 nitrogen and oxygen atoms in total. The van der Waals surface area contributed by atoms with Crippen molar-refractivity contribution in [1.82, 2.24) is 10.3 Å². The zero-order chi connectivity index (χ0) is 29.7. The zero-order valence-corrected chi connectivity index (χ0v) is 23.8. The number of nitrogens with zero attached hydrogens (tertiary/aromatic N) is 1. The average Bonchev–Trinajstić information content (AvgIpc) is 3.37. The van der Waals surface area contributed by atoms with Gasteiger partial charge in [-0.25, -0.2) is 9.55 Å². The van der Waals surface area contributed by atoms with E-state index in [0.29, 0.717) is 19.0 Å². The number of aromatic amines is 1. The SMILES string of the molecule is C=CCNC(=O)[C@@H](CC(=O)[C@H](OC)[C@H](O)[C@@H](O)[C@H](O)/C=C/C(C)(C)C)Cc1c[n+](COCc2ccccc2)c[nH]1. The van der Waals surface area contributed by atoms with E-state index in [1.165, 1.54) is 19.3 Å². The number of carbonyl (C=O) groups is 2. The molecular formula is C30H44N3O7+. The number of aliphatic hydroxyl groups is 3. The van der Waals surface area contributed by atoms with E-state index >= 15 is 0 Å². The molecule has 5 N–H and O–H groups in total. The first-order chi connectivity index (χ1) is 18.9. The van der Waals surface area contributed by atoms with Crippen molar-refractivity contribution in [3.8, 4) is 0 Å². The quantitative estimate of drug-likeness (QED) is 0.146. The number of H-pyrrole nitrogens is 1. The van der Waals surface area contributed by atoms with Crippen molar-refractivity contribution in [3.05, 3.63) is 78.9 Å². The van der Waals surface area contributed by atoms with Crippen LogP contribution < -0.4 is 9.88 Å². The Bertz CT molecular complexity index is 1090. The van der Waals surface area contributed by atoms with Crippen molar-refractivity contribution in [2.75, 3.05) is 13.7 Å². The monoisotopic (exact) mass is 558 g/mol. The topological polar surface area (TPSA) is 145 Å². The third-order valence-electron chi connectivity index (χ3n) is 6.17. The Morgan fingerprint density at radius 1 is 1.15 bits per heavy atom. The molecule has 1 heterocycles. The average molecular weight is 559 g/mol. The summed E-state index contributed by atoms with van der Waals surface area (Å²) < 4.78 is 12.8. The van der Waals surface area contributed by atoms with Gasteiger partial charge in [-0.2, -0.15) is 0 Å². The third kappa shape index (κ3) is 11.1. The first-order valence-corrected chi connectivity index (χ1v) is 13.3. The molecule has 40 heavy (non-hydrogen) atoms. The Labute approximate surface area is 236 Å². The van der Waals surface area contributed by atoms with Gasteiger partial charge in [0.05, 0.1) is 12.5 Å². The summed E-state index contributed by atoms with van der Waals surface area (Å²) in [5, 5.41) is 34.2. The number of nitrogens with one attached hydrogen (secondary N) is 2. The van der Waals surface area contributed by atoms with Gasteiger partial charge in [-0.05, 0) is 11.0 Å². The number of hydrogen-bond donors (Lipinski definition) is 5. The van der Waals surface area contributed by atoms with Crippen molar-refractivity contribution < 1.29 is 38.9 Å². The van der Waals surface area contributed by atoms with Gasteiger partial charge in [-0.15, -0.1) is 6.58 Å². The fraction of sp³-hybridized carbons (Fsp3) is 0.500. The fourth-order valence-corrected chi connectivity index (χ4v) is 4.01. The highest BCUT2D eigenvalue weighted by Crippen LogP contribution is 2.19. The lowest BCUT2D eigenvalue weighted by Crippen LogP contribution is -2.49. The standard InChI is InChI=1S/C30H43N3O7/c1-6-14-31-29(38)22(15-23-17-33(19-32-23)20-40-18-21-10-8-7-9-11-21)16-25(35)28(39-5)27(37)26(36)24(34)12-13-30(2,3)4/h6-13,17,19,22,24,26-28,34,36-37H,1,14-16,18,20H2,2-5H3,(H,31,38)/p+1/b13-12+/t22-,24-,26+,27-,28+/m1/s1. The molecule has 5 atom stereocenters. The van der Waals surface area contributed by atoms with Crippen LogP contribution >= 0.6 is 0 Å². The van der Waals surface area contributed by atoms with Gasteiger partial charge in [0.2, 0.25) is 12.2 Å². The molecule has 220 valence electrons. The maximum Gasteiger partial charge on any atom is 0.243 e. The molecule has 10 heteroatoms. The van der Waals surface area contributed by atoms with Crippen LogP contribution in [0, 0.1) is 11.3 Å². The molecule has 2 aromatic rings. The van der Waals surface area contributed by atoms with E-state index in [9.17, 15) is 24.9 Å². The number of methoxy groups -OCH3 is 1. The molecule has 0 unspecified atom stereocenters. The van der Waals surface area contributed by atoms with E-state index < -0.39 is 36.1 Å². The van der Waals surface area contributed by atoms with E-state index in [4.69, 9.17) is 9.47 Å². The first-order valence-electron chi connectivity index (χ1n) is 13.3. The Morgan fingerprint density at radius 3 is 2.48 bits per heavy atom. The van der Waals surface area contributed by atoms with E-state index in [2.05, 4.69) is 16.9 Å². The first kappa shape index (κ1) is 33.1. The minimum absolute atomic E-state index is 0.201. The molecule has 0 aliphatic rings. The molecule has 0 radical (unpaired) electrons. The minimum Gasteiger partial charge on any atom is -0.387 e. The molecule has 0 saturated heterocycles. The lowest BCUT2D eigenvalue weighted by Gasteiger charge is -2.28. The van der Waals surface area contributed by atoms with E-state index in [1.807, 2.05) is 51.1 Å². The molecule has 0 bridgehead atoms. The number of aliphatic hydroxyl groups excluding tert-OH is 3. The number of Topliss-reactive ketones (excluding diaryl/α,β-unsaturated/α-hetero) is 1. The zero-order valence-electron chi connectivity index (χ0n) is 23.8. The number of amides is 1. The number of hydrogen-bond acceptors (Lipinski definition) is 7. The molecule has 2 rings (SSSR count). The van der Waals surface area contributed by atoms with Crippen molar-refractivity contribution in [1.29, 1.82) is 0 Å². The lowest BCUT2D eigenvalue weighted by molar-refractivity contribution is -0.732. The van der Waals surface area contributed by atoms with E-state index in [0.717, 1.165) is 5.56 Å². The molecule has 0 spiro atoms. The van der Waals surface area contributed by atoms with Gasteiger partial charge < -0.3 is 30.1 Å². The molecular weight excluding hydrogens is 514 g/mol. The lowest BCUT2D eigenvalue weighted by atomic mass is 9.90. The fourth-order valence-electron chi connectivity index (χ4n) is 4.01. The maximum absolute atomic E-state index is 13.2. The summed E-state index contributed by atoms with van der Waals surface area (Å²) in [5.74, 6) is -1.74. The minimum atomic E-state index is -1.71. The Hall–Kier alpha value is -3.15. The van der Waals surface area contributed by atoms with Gasteiger partial charge in [0, 0.05) is 26.5 Å². The number of rotatable bonds is 17. The van der Waals surface area contributed by atoms with Crippen molar-refractivity contribution in [3.63, 3.8) is 0 Å². The van der Waals surface area contributed by atoms with Crippen LogP contribution in [0.4, 0.5) is 0 Å². The molecule has 1 aromatic carbocycles. The summed E-state index contributed by atoms with van der Waals surface area (Å²) in [5.41, 5.74) is 1.50. The summed E-state index contributed by atoms with van der Waals surface area (Å²) in [6, 6.07) is 9.78. The molecule has 0 aliphatic heterocycles. The molecule has 0 aliphatic carbocycles. The number of aromatic nitrogens is 2. The van der Waals surface area contributed by atoms with Crippen LogP contribution in [0.3, 0.4) is 0 Å². The summed E-state index contributed by atoms with van der Waals surface area (Å²) in [4.78, 5) is 29.2.